The molecule has 0 aliphatic heterocycles. The van der Waals surface area contributed by atoms with Crippen LogP contribution in [0.15, 0.2) is 9.90 Å². The number of nitrogens with zero attached hydrogens (tertiary/aromatic N) is 3. The maximum absolute atomic E-state index is 5.48. The Kier molecular flexibility index (Phi) is 4.22. The topological polar surface area (TPSA) is 77.8 Å². The Balaban J connectivity index is 2.07. The van der Waals surface area contributed by atoms with Crippen LogP contribution in [-0.2, 0) is 12.8 Å². The average Bonchev–Trinajstić information content (AvgIpc) is 2.95. The van der Waals surface area contributed by atoms with Gasteiger partial charge in [-0.05, 0) is 13.0 Å². The second-order valence-electron chi connectivity index (χ2n) is 3.78. The molecule has 0 atom stereocenters. The fourth-order valence-electron chi connectivity index (χ4n) is 1.44. The third kappa shape index (κ3) is 3.10. The molecule has 2 rings (SSSR count). The van der Waals surface area contributed by atoms with Crippen molar-refractivity contribution in [2.75, 3.05) is 6.54 Å². The van der Waals surface area contributed by atoms with Crippen LogP contribution in [0.2, 0.25) is 0 Å². The van der Waals surface area contributed by atoms with E-state index in [0.717, 1.165) is 42.2 Å². The zero-order valence-corrected chi connectivity index (χ0v) is 10.7. The van der Waals surface area contributed by atoms with Crippen molar-refractivity contribution in [3.63, 3.8) is 0 Å². The fourth-order valence-corrected chi connectivity index (χ4v) is 2.23. The van der Waals surface area contributed by atoms with E-state index in [1.165, 1.54) is 0 Å². The van der Waals surface area contributed by atoms with E-state index in [1.54, 1.807) is 11.3 Å². The van der Waals surface area contributed by atoms with Gasteiger partial charge >= 0.3 is 0 Å². The van der Waals surface area contributed by atoms with Crippen LogP contribution in [0.5, 0.6) is 0 Å². The molecule has 0 bridgehead atoms. The van der Waals surface area contributed by atoms with E-state index in [2.05, 4.69) is 22.0 Å². The SMILES string of the molecule is CCCCc1noc(-c2csc(CCN)n2)n1. The fraction of sp³-hybridized carbons (Fsp3) is 0.545. The summed E-state index contributed by atoms with van der Waals surface area (Å²) in [5.41, 5.74) is 6.24. The standard InChI is InChI=1S/C11H16N4OS/c1-2-3-4-9-14-11(16-15-9)8-7-17-10(13-8)5-6-12/h7H,2-6,12H2,1H3. The van der Waals surface area contributed by atoms with Gasteiger partial charge in [0.2, 0.25) is 0 Å². The van der Waals surface area contributed by atoms with Crippen LogP contribution in [0.4, 0.5) is 0 Å². The molecule has 5 nitrogen and oxygen atoms in total. The number of aryl methyl sites for hydroxylation is 1. The predicted octanol–water partition coefficient (Wildman–Crippen LogP) is 2.04. The molecule has 17 heavy (non-hydrogen) atoms. The molecule has 0 amide bonds. The summed E-state index contributed by atoms with van der Waals surface area (Å²) in [5, 5.41) is 6.88. The Bertz CT molecular complexity index is 465. The van der Waals surface area contributed by atoms with Crippen LogP contribution < -0.4 is 5.73 Å². The predicted molar refractivity (Wildman–Crippen MR) is 66.8 cm³/mol. The Morgan fingerprint density at radius 1 is 1.35 bits per heavy atom. The lowest BCUT2D eigenvalue weighted by atomic mass is 10.2. The highest BCUT2D eigenvalue weighted by molar-refractivity contribution is 7.09. The molecule has 0 unspecified atom stereocenters. The van der Waals surface area contributed by atoms with Crippen molar-refractivity contribution < 1.29 is 4.52 Å². The molecular formula is C11H16N4OS. The second kappa shape index (κ2) is 5.88. The van der Waals surface area contributed by atoms with Crippen LogP contribution in [0.1, 0.15) is 30.6 Å². The minimum atomic E-state index is 0.510. The third-order valence-electron chi connectivity index (χ3n) is 2.35. The molecule has 2 heterocycles. The van der Waals surface area contributed by atoms with Gasteiger partial charge in [-0.2, -0.15) is 4.98 Å². The van der Waals surface area contributed by atoms with E-state index in [1.807, 2.05) is 5.38 Å². The van der Waals surface area contributed by atoms with E-state index in [-0.39, 0.29) is 0 Å². The summed E-state index contributed by atoms with van der Waals surface area (Å²) in [6.07, 6.45) is 3.86. The van der Waals surface area contributed by atoms with Crippen molar-refractivity contribution in [1.82, 2.24) is 15.1 Å². The molecule has 2 aromatic rings. The Morgan fingerprint density at radius 2 is 2.24 bits per heavy atom. The van der Waals surface area contributed by atoms with E-state index < -0.39 is 0 Å². The van der Waals surface area contributed by atoms with Gasteiger partial charge in [-0.25, -0.2) is 4.98 Å². The molecule has 0 radical (unpaired) electrons. The first-order valence-electron chi connectivity index (χ1n) is 5.81. The van der Waals surface area contributed by atoms with E-state index in [4.69, 9.17) is 10.3 Å². The van der Waals surface area contributed by atoms with E-state index in [9.17, 15) is 0 Å². The first kappa shape index (κ1) is 12.2. The summed E-state index contributed by atoms with van der Waals surface area (Å²) >= 11 is 1.58. The molecule has 92 valence electrons. The Morgan fingerprint density at radius 3 is 3.00 bits per heavy atom. The lowest BCUT2D eigenvalue weighted by Crippen LogP contribution is -2.01. The molecule has 0 spiro atoms. The maximum Gasteiger partial charge on any atom is 0.277 e. The lowest BCUT2D eigenvalue weighted by molar-refractivity contribution is 0.420. The lowest BCUT2D eigenvalue weighted by Gasteiger charge is -1.88. The summed E-state index contributed by atoms with van der Waals surface area (Å²) < 4.78 is 5.19. The smallest absolute Gasteiger partial charge is 0.277 e. The molecule has 0 saturated heterocycles. The summed E-state index contributed by atoms with van der Waals surface area (Å²) in [4.78, 5) is 8.73. The van der Waals surface area contributed by atoms with Crippen molar-refractivity contribution in [3.05, 3.63) is 16.2 Å². The van der Waals surface area contributed by atoms with Gasteiger partial charge in [-0.1, -0.05) is 18.5 Å². The molecule has 2 N–H and O–H groups in total. The highest BCUT2D eigenvalue weighted by atomic mass is 32.1. The molecule has 2 aromatic heterocycles. The largest absolute Gasteiger partial charge is 0.332 e. The van der Waals surface area contributed by atoms with Gasteiger partial charge in [-0.3, -0.25) is 0 Å². The summed E-state index contributed by atoms with van der Waals surface area (Å²) in [7, 11) is 0. The van der Waals surface area contributed by atoms with Crippen molar-refractivity contribution in [2.45, 2.75) is 32.6 Å². The molecule has 0 aliphatic carbocycles. The third-order valence-corrected chi connectivity index (χ3v) is 3.26. The van der Waals surface area contributed by atoms with Gasteiger partial charge in [0.15, 0.2) is 5.82 Å². The zero-order valence-electron chi connectivity index (χ0n) is 9.85. The van der Waals surface area contributed by atoms with Gasteiger partial charge in [0, 0.05) is 18.2 Å². The Labute approximate surface area is 104 Å². The summed E-state index contributed by atoms with van der Waals surface area (Å²) in [5.74, 6) is 1.27. The number of nitrogens with two attached hydrogens (primary N) is 1. The molecule has 0 aliphatic rings. The molecular weight excluding hydrogens is 236 g/mol. The van der Waals surface area contributed by atoms with Crippen LogP contribution >= 0.6 is 11.3 Å². The van der Waals surface area contributed by atoms with Gasteiger partial charge in [-0.15, -0.1) is 11.3 Å². The monoisotopic (exact) mass is 252 g/mol. The number of hydrogen-bond donors (Lipinski definition) is 1. The van der Waals surface area contributed by atoms with Crippen molar-refractivity contribution >= 4 is 11.3 Å². The molecule has 0 saturated carbocycles. The highest BCUT2D eigenvalue weighted by Gasteiger charge is 2.11. The summed E-state index contributed by atoms with van der Waals surface area (Å²) in [6, 6.07) is 0. The first-order valence-corrected chi connectivity index (χ1v) is 6.69. The quantitative estimate of drug-likeness (QED) is 0.851. The van der Waals surface area contributed by atoms with Crippen molar-refractivity contribution in [1.29, 1.82) is 0 Å². The number of aromatic nitrogens is 3. The van der Waals surface area contributed by atoms with Crippen LogP contribution in [0, 0.1) is 0 Å². The zero-order chi connectivity index (χ0) is 12.1. The molecule has 0 aromatic carbocycles. The minimum Gasteiger partial charge on any atom is -0.332 e. The number of hydrogen-bond acceptors (Lipinski definition) is 6. The second-order valence-corrected chi connectivity index (χ2v) is 4.73. The Hall–Kier alpha value is -1.27. The van der Waals surface area contributed by atoms with Gasteiger partial charge in [0.1, 0.15) is 5.69 Å². The van der Waals surface area contributed by atoms with Crippen LogP contribution in [0.25, 0.3) is 11.6 Å². The maximum atomic E-state index is 5.48. The minimum absolute atomic E-state index is 0.510. The summed E-state index contributed by atoms with van der Waals surface area (Å²) in [6.45, 7) is 2.75. The van der Waals surface area contributed by atoms with Crippen molar-refractivity contribution in [3.8, 4) is 11.6 Å². The van der Waals surface area contributed by atoms with E-state index >= 15 is 0 Å². The first-order chi connectivity index (χ1) is 8.33. The molecule has 0 fully saturated rings. The number of unbranched alkanes of at least 4 members (excludes halogenated alkanes) is 1. The van der Waals surface area contributed by atoms with Crippen LogP contribution in [-0.4, -0.2) is 21.7 Å². The highest BCUT2D eigenvalue weighted by Crippen LogP contribution is 2.20. The average molecular weight is 252 g/mol. The van der Waals surface area contributed by atoms with Crippen LogP contribution in [0.3, 0.4) is 0 Å². The number of thiazole rings is 1. The normalized spacial score (nSPS) is 10.9. The van der Waals surface area contributed by atoms with Gasteiger partial charge < -0.3 is 10.3 Å². The van der Waals surface area contributed by atoms with Crippen molar-refractivity contribution in [2.24, 2.45) is 5.73 Å². The van der Waals surface area contributed by atoms with Gasteiger partial charge in [0.05, 0.1) is 5.01 Å². The van der Waals surface area contributed by atoms with Gasteiger partial charge in [0.25, 0.3) is 5.89 Å². The number of rotatable bonds is 6. The van der Waals surface area contributed by atoms with E-state index in [0.29, 0.717) is 12.4 Å². The molecule has 6 heteroatoms.